The molecule has 1 amide bonds. The van der Waals surface area contributed by atoms with E-state index in [2.05, 4.69) is 10.3 Å². The fourth-order valence-corrected chi connectivity index (χ4v) is 5.09. The molecule has 0 bridgehead atoms. The van der Waals surface area contributed by atoms with Gasteiger partial charge in [0.25, 0.3) is 5.91 Å². The van der Waals surface area contributed by atoms with E-state index in [0.717, 1.165) is 4.88 Å². The average molecular weight is 396 g/mol. The Kier molecular flexibility index (Phi) is 5.42. The van der Waals surface area contributed by atoms with Crippen molar-refractivity contribution < 1.29 is 17.9 Å². The predicted octanol–water partition coefficient (Wildman–Crippen LogP) is 2.50. The first-order valence-corrected chi connectivity index (χ1v) is 10.5. The van der Waals surface area contributed by atoms with Crippen molar-refractivity contribution in [1.29, 1.82) is 0 Å². The molecule has 140 valence electrons. The summed E-state index contributed by atoms with van der Waals surface area (Å²) in [5, 5.41) is 3.22. The summed E-state index contributed by atoms with van der Waals surface area (Å²) < 4.78 is 32.7. The zero-order valence-corrected chi connectivity index (χ0v) is 16.4. The molecule has 2 atom stereocenters. The molecule has 1 fully saturated rings. The van der Waals surface area contributed by atoms with Gasteiger partial charge in [0.15, 0.2) is 5.13 Å². The Labute approximate surface area is 157 Å². The highest BCUT2D eigenvalue weighted by Crippen LogP contribution is 2.22. The Morgan fingerprint density at radius 3 is 2.38 bits per heavy atom. The van der Waals surface area contributed by atoms with Crippen LogP contribution in [0.5, 0.6) is 0 Å². The normalized spacial score (nSPS) is 21.5. The van der Waals surface area contributed by atoms with Crippen LogP contribution in [-0.2, 0) is 14.8 Å². The molecule has 1 aliphatic rings. The first-order chi connectivity index (χ1) is 12.3. The van der Waals surface area contributed by atoms with Gasteiger partial charge in [-0.25, -0.2) is 13.4 Å². The molecule has 0 spiro atoms. The Hall–Kier alpha value is -1.81. The fraction of sp³-hybridized carbons (Fsp3) is 0.412. The van der Waals surface area contributed by atoms with Gasteiger partial charge in [-0.2, -0.15) is 4.31 Å². The van der Waals surface area contributed by atoms with E-state index in [1.54, 1.807) is 6.20 Å². The molecule has 1 N–H and O–H groups in total. The number of sulfonamides is 1. The van der Waals surface area contributed by atoms with E-state index in [1.165, 1.54) is 39.9 Å². The standard InChI is InChI=1S/C17H21N3O4S2/c1-11-9-20(10-12(2)24-11)26(22,23)15-6-4-14(5-7-15)16(21)19-17-18-8-13(3)25-17/h4-8,11-12H,9-10H2,1-3H3,(H,18,19,21)/t11-,12-/m0/s1. The molecule has 7 nitrogen and oxygen atoms in total. The smallest absolute Gasteiger partial charge is 0.257 e. The van der Waals surface area contributed by atoms with Gasteiger partial charge < -0.3 is 4.74 Å². The number of carbonyl (C=O) groups excluding carboxylic acids is 1. The van der Waals surface area contributed by atoms with Crippen LogP contribution < -0.4 is 5.32 Å². The maximum Gasteiger partial charge on any atom is 0.257 e. The van der Waals surface area contributed by atoms with Crippen molar-refractivity contribution in [2.45, 2.75) is 37.9 Å². The molecule has 9 heteroatoms. The van der Waals surface area contributed by atoms with E-state index in [4.69, 9.17) is 4.74 Å². The Balaban J connectivity index is 1.75. The van der Waals surface area contributed by atoms with Crippen molar-refractivity contribution in [1.82, 2.24) is 9.29 Å². The number of amides is 1. The number of anilines is 1. The molecule has 3 rings (SSSR count). The van der Waals surface area contributed by atoms with E-state index in [0.29, 0.717) is 23.8 Å². The van der Waals surface area contributed by atoms with Crippen molar-refractivity contribution in [3.63, 3.8) is 0 Å². The number of hydrogen-bond donors (Lipinski definition) is 1. The quantitative estimate of drug-likeness (QED) is 0.859. The lowest BCUT2D eigenvalue weighted by Gasteiger charge is -2.34. The van der Waals surface area contributed by atoms with Crippen LogP contribution in [0.3, 0.4) is 0 Å². The summed E-state index contributed by atoms with van der Waals surface area (Å²) in [6, 6.07) is 5.94. The van der Waals surface area contributed by atoms with Crippen molar-refractivity contribution in [2.75, 3.05) is 18.4 Å². The molecule has 1 aromatic heterocycles. The summed E-state index contributed by atoms with van der Waals surface area (Å²) in [5.41, 5.74) is 0.375. The predicted molar refractivity (Wildman–Crippen MR) is 100 cm³/mol. The maximum absolute atomic E-state index is 12.8. The van der Waals surface area contributed by atoms with Gasteiger partial charge in [-0.3, -0.25) is 10.1 Å². The number of thiazole rings is 1. The summed E-state index contributed by atoms with van der Waals surface area (Å²) >= 11 is 1.38. The summed E-state index contributed by atoms with van der Waals surface area (Å²) in [5.74, 6) is -0.322. The zero-order chi connectivity index (χ0) is 18.9. The van der Waals surface area contributed by atoms with Gasteiger partial charge >= 0.3 is 0 Å². The first-order valence-electron chi connectivity index (χ1n) is 8.25. The minimum Gasteiger partial charge on any atom is -0.373 e. The van der Waals surface area contributed by atoms with Crippen molar-refractivity contribution in [3.05, 3.63) is 40.9 Å². The number of aromatic nitrogens is 1. The number of nitrogens with one attached hydrogen (secondary N) is 1. The number of aryl methyl sites for hydroxylation is 1. The SMILES string of the molecule is Cc1cnc(NC(=O)c2ccc(S(=O)(=O)N3C[C@H](C)O[C@@H](C)C3)cc2)s1. The third-order valence-electron chi connectivity index (χ3n) is 3.98. The van der Waals surface area contributed by atoms with Crippen LogP contribution in [0.15, 0.2) is 35.4 Å². The zero-order valence-electron chi connectivity index (χ0n) is 14.8. The number of nitrogens with zero attached hydrogens (tertiary/aromatic N) is 2. The van der Waals surface area contributed by atoms with Crippen molar-refractivity contribution >= 4 is 32.4 Å². The molecule has 1 saturated heterocycles. The minimum atomic E-state index is -3.61. The van der Waals surface area contributed by atoms with Crippen LogP contribution in [0.2, 0.25) is 0 Å². The minimum absolute atomic E-state index is 0.152. The molecule has 2 aromatic rings. The summed E-state index contributed by atoms with van der Waals surface area (Å²) in [4.78, 5) is 17.5. The molecule has 2 heterocycles. The number of benzene rings is 1. The van der Waals surface area contributed by atoms with Gasteiger partial charge in [0.05, 0.1) is 17.1 Å². The highest BCUT2D eigenvalue weighted by Gasteiger charge is 2.32. The van der Waals surface area contributed by atoms with Gasteiger partial charge in [-0.05, 0) is 45.0 Å². The van der Waals surface area contributed by atoms with Crippen molar-refractivity contribution in [2.24, 2.45) is 0 Å². The topological polar surface area (TPSA) is 88.6 Å². The third-order valence-corrected chi connectivity index (χ3v) is 6.66. The molecule has 0 radical (unpaired) electrons. The summed E-state index contributed by atoms with van der Waals surface area (Å²) in [6.07, 6.45) is 1.38. The number of morpholine rings is 1. The van der Waals surface area contributed by atoms with Crippen LogP contribution >= 0.6 is 11.3 Å². The fourth-order valence-electron chi connectivity index (χ4n) is 2.84. The lowest BCUT2D eigenvalue weighted by Crippen LogP contribution is -2.48. The summed E-state index contributed by atoms with van der Waals surface area (Å²) in [6.45, 7) is 6.24. The van der Waals surface area contributed by atoms with Gasteiger partial charge in [-0.1, -0.05) is 0 Å². The summed E-state index contributed by atoms with van der Waals surface area (Å²) in [7, 11) is -3.61. The van der Waals surface area contributed by atoms with Gasteiger partial charge in [0, 0.05) is 29.7 Å². The number of ether oxygens (including phenoxy) is 1. The van der Waals surface area contributed by atoms with E-state index in [1.807, 2.05) is 20.8 Å². The van der Waals surface area contributed by atoms with Crippen LogP contribution in [0, 0.1) is 6.92 Å². The van der Waals surface area contributed by atoms with Crippen LogP contribution in [0.4, 0.5) is 5.13 Å². The molecule has 1 aliphatic heterocycles. The van der Waals surface area contributed by atoms with E-state index >= 15 is 0 Å². The number of rotatable bonds is 4. The molecular formula is C17H21N3O4S2. The molecule has 26 heavy (non-hydrogen) atoms. The van der Waals surface area contributed by atoms with Crippen LogP contribution in [-0.4, -0.2) is 48.9 Å². The van der Waals surface area contributed by atoms with Gasteiger partial charge in [0.1, 0.15) is 0 Å². The molecule has 0 saturated carbocycles. The van der Waals surface area contributed by atoms with E-state index < -0.39 is 10.0 Å². The van der Waals surface area contributed by atoms with E-state index in [9.17, 15) is 13.2 Å². The molecule has 0 unspecified atom stereocenters. The second-order valence-electron chi connectivity index (χ2n) is 6.33. The first kappa shape index (κ1) is 19.0. The lowest BCUT2D eigenvalue weighted by molar-refractivity contribution is -0.0440. The number of hydrogen-bond acceptors (Lipinski definition) is 6. The Morgan fingerprint density at radius 2 is 1.85 bits per heavy atom. The average Bonchev–Trinajstić information content (AvgIpc) is 2.99. The van der Waals surface area contributed by atoms with Crippen molar-refractivity contribution in [3.8, 4) is 0 Å². The van der Waals surface area contributed by atoms with Crippen LogP contribution in [0.1, 0.15) is 29.1 Å². The molecule has 1 aromatic carbocycles. The Morgan fingerprint density at radius 1 is 1.23 bits per heavy atom. The highest BCUT2D eigenvalue weighted by molar-refractivity contribution is 7.89. The molecule has 0 aliphatic carbocycles. The number of carbonyl (C=O) groups is 1. The second-order valence-corrected chi connectivity index (χ2v) is 9.51. The van der Waals surface area contributed by atoms with E-state index in [-0.39, 0.29) is 23.0 Å². The largest absolute Gasteiger partial charge is 0.373 e. The van der Waals surface area contributed by atoms with Gasteiger partial charge in [0.2, 0.25) is 10.0 Å². The van der Waals surface area contributed by atoms with Gasteiger partial charge in [-0.15, -0.1) is 11.3 Å². The maximum atomic E-state index is 12.8. The van der Waals surface area contributed by atoms with Crippen LogP contribution in [0.25, 0.3) is 0 Å². The second kappa shape index (κ2) is 7.43. The third kappa shape index (κ3) is 4.12. The molecular weight excluding hydrogens is 374 g/mol. The lowest BCUT2D eigenvalue weighted by atomic mass is 10.2. The Bertz CT molecular complexity index is 883. The highest BCUT2D eigenvalue weighted by atomic mass is 32.2. The monoisotopic (exact) mass is 395 g/mol.